The Bertz CT molecular complexity index is 1840. The van der Waals surface area contributed by atoms with Crippen LogP contribution in [0.2, 0.25) is 0 Å². The van der Waals surface area contributed by atoms with Crippen LogP contribution < -0.4 is 10.9 Å². The van der Waals surface area contributed by atoms with Crippen LogP contribution in [0.3, 0.4) is 0 Å². The summed E-state index contributed by atoms with van der Waals surface area (Å²) in [7, 11) is 0. The molecule has 6 rings (SSSR count). The maximum Gasteiger partial charge on any atom is 0.403 e. The summed E-state index contributed by atoms with van der Waals surface area (Å²) >= 11 is 0. The van der Waals surface area contributed by atoms with Gasteiger partial charge in [0.15, 0.2) is 5.78 Å². The van der Waals surface area contributed by atoms with Crippen LogP contribution in [-0.2, 0) is 34.6 Å². The van der Waals surface area contributed by atoms with Gasteiger partial charge in [0.2, 0.25) is 5.91 Å². The highest BCUT2D eigenvalue weighted by Crippen LogP contribution is 2.52. The van der Waals surface area contributed by atoms with E-state index in [0.29, 0.717) is 51.0 Å². The first-order chi connectivity index (χ1) is 20.4. The standard InChI is InChI=1S/C33H35F4N3O4/c1-7-32(44)19-12-23-27-18(14-40(23)28(42)17(19)9-11-24(32)41)26-21(39-29(43)31(6,30(3,4)5)33(35,36)37)10-8-16-15(2)20(34)13-22(38-27)25(16)26/h12-13,21,44H,7-11,14H2,1-6H3,(H,39,43)/t21-,31+,32-/m0/s1. The molecule has 44 heavy (non-hydrogen) atoms. The number of nitrogens with zero attached hydrogens (tertiary/aromatic N) is 2. The Labute approximate surface area is 251 Å². The quantitative estimate of drug-likeness (QED) is 0.289. The van der Waals surface area contributed by atoms with Crippen LogP contribution in [-0.4, -0.2) is 32.5 Å². The molecular formula is C33H35F4N3O4. The van der Waals surface area contributed by atoms with E-state index in [0.717, 1.165) is 6.92 Å². The van der Waals surface area contributed by atoms with Gasteiger partial charge in [-0.15, -0.1) is 0 Å². The second-order valence-corrected chi connectivity index (χ2v) is 13.6. The molecule has 2 N–H and O–H groups in total. The predicted molar refractivity (Wildman–Crippen MR) is 156 cm³/mol. The number of aryl methyl sites for hydroxylation is 1. The fourth-order valence-electron chi connectivity index (χ4n) is 7.28. The number of rotatable bonds is 3. The molecule has 0 spiro atoms. The first kappa shape index (κ1) is 30.4. The summed E-state index contributed by atoms with van der Waals surface area (Å²) in [5.41, 5.74) is -2.82. The molecule has 11 heteroatoms. The van der Waals surface area contributed by atoms with Gasteiger partial charge in [0.25, 0.3) is 5.56 Å². The lowest BCUT2D eigenvalue weighted by Gasteiger charge is -2.42. The molecule has 3 aromatic rings. The fourth-order valence-corrected chi connectivity index (χ4v) is 7.28. The van der Waals surface area contributed by atoms with Crippen LogP contribution in [0.4, 0.5) is 17.6 Å². The van der Waals surface area contributed by atoms with Crippen molar-refractivity contribution in [3.05, 3.63) is 61.7 Å². The second-order valence-electron chi connectivity index (χ2n) is 13.6. The lowest BCUT2D eigenvalue weighted by molar-refractivity contribution is -0.243. The largest absolute Gasteiger partial charge is 0.403 e. The van der Waals surface area contributed by atoms with E-state index in [4.69, 9.17) is 4.98 Å². The molecule has 3 heterocycles. The minimum absolute atomic E-state index is 0.0219. The van der Waals surface area contributed by atoms with E-state index >= 15 is 4.39 Å². The Balaban J connectivity index is 1.59. The van der Waals surface area contributed by atoms with Gasteiger partial charge in [0.1, 0.15) is 16.8 Å². The van der Waals surface area contributed by atoms with Crippen molar-refractivity contribution in [3.63, 3.8) is 0 Å². The van der Waals surface area contributed by atoms with Gasteiger partial charge in [-0.2, -0.15) is 13.2 Å². The summed E-state index contributed by atoms with van der Waals surface area (Å²) in [6, 6.07) is 2.00. The number of alkyl halides is 3. The van der Waals surface area contributed by atoms with Crippen LogP contribution in [0.1, 0.15) is 93.3 Å². The number of Topliss-reactive ketones (excluding diaryl/α,β-unsaturated/α-hetero) is 1. The van der Waals surface area contributed by atoms with Gasteiger partial charge in [-0.1, -0.05) is 27.7 Å². The van der Waals surface area contributed by atoms with Crippen LogP contribution in [0, 0.1) is 23.6 Å². The van der Waals surface area contributed by atoms with Gasteiger partial charge in [0, 0.05) is 34.6 Å². The summed E-state index contributed by atoms with van der Waals surface area (Å²) in [6.07, 6.45) is -4.05. The Hall–Kier alpha value is -3.60. The number of nitrogens with one attached hydrogen (secondary N) is 1. The molecule has 3 aliphatic rings. The molecule has 2 aromatic heterocycles. The van der Waals surface area contributed by atoms with Crippen LogP contribution >= 0.6 is 0 Å². The van der Waals surface area contributed by atoms with Gasteiger partial charge in [-0.3, -0.25) is 14.4 Å². The van der Waals surface area contributed by atoms with E-state index in [9.17, 15) is 32.7 Å². The molecule has 0 saturated carbocycles. The fraction of sp³-hybridized carbons (Fsp3) is 0.515. The number of ketones is 1. The van der Waals surface area contributed by atoms with Crippen LogP contribution in [0.5, 0.6) is 0 Å². The number of hydrogen-bond acceptors (Lipinski definition) is 5. The minimum Gasteiger partial charge on any atom is -0.377 e. The van der Waals surface area contributed by atoms with E-state index in [1.54, 1.807) is 19.9 Å². The SMILES string of the molecule is CC[C@@]1(O)C(=O)CCc2c1cc1n(c2=O)Cc2c-1nc1cc(F)c(C)c3c1c2[C@@H](NC(=O)[C@](C)(C(C)(C)C)C(F)(F)F)CC3. The molecule has 2 aliphatic carbocycles. The van der Waals surface area contributed by atoms with Crippen molar-refractivity contribution in [3.8, 4) is 11.4 Å². The molecule has 0 saturated heterocycles. The van der Waals surface area contributed by atoms with E-state index in [2.05, 4.69) is 5.32 Å². The third kappa shape index (κ3) is 3.90. The number of halogens is 4. The third-order valence-corrected chi connectivity index (χ3v) is 10.6. The lowest BCUT2D eigenvalue weighted by atomic mass is 9.66. The summed E-state index contributed by atoms with van der Waals surface area (Å²) in [6.45, 7) is 8.35. The van der Waals surface area contributed by atoms with Crippen LogP contribution in [0.25, 0.3) is 22.3 Å². The Morgan fingerprint density at radius 2 is 1.77 bits per heavy atom. The van der Waals surface area contributed by atoms with Gasteiger partial charge < -0.3 is 15.0 Å². The second kappa shape index (κ2) is 9.45. The first-order valence-corrected chi connectivity index (χ1v) is 14.9. The molecule has 1 aliphatic heterocycles. The van der Waals surface area contributed by atoms with Crippen molar-refractivity contribution >= 4 is 22.6 Å². The normalized spacial score (nSPS) is 22.3. The van der Waals surface area contributed by atoms with Gasteiger partial charge in [-0.05, 0) is 67.7 Å². The van der Waals surface area contributed by atoms with E-state index in [1.165, 1.54) is 31.4 Å². The van der Waals surface area contributed by atoms with Crippen molar-refractivity contribution in [2.45, 2.75) is 98.0 Å². The number of fused-ring (bicyclic) bond motifs is 5. The number of carbonyl (C=O) groups excluding carboxylic acids is 2. The number of carbonyl (C=O) groups is 2. The maximum absolute atomic E-state index is 15.1. The third-order valence-electron chi connectivity index (χ3n) is 10.6. The summed E-state index contributed by atoms with van der Waals surface area (Å²) < 4.78 is 60.1. The molecule has 1 aromatic carbocycles. The maximum atomic E-state index is 15.1. The summed E-state index contributed by atoms with van der Waals surface area (Å²) in [4.78, 5) is 45.0. The van der Waals surface area contributed by atoms with Crippen molar-refractivity contribution in [1.29, 1.82) is 0 Å². The number of aromatic nitrogens is 2. The highest BCUT2D eigenvalue weighted by atomic mass is 19.4. The highest BCUT2D eigenvalue weighted by molar-refractivity contribution is 5.95. The summed E-state index contributed by atoms with van der Waals surface area (Å²) in [5.74, 6) is -2.04. The number of amides is 1. The van der Waals surface area contributed by atoms with Gasteiger partial charge >= 0.3 is 6.18 Å². The van der Waals surface area contributed by atoms with E-state index in [1.807, 2.05) is 0 Å². The molecule has 7 nitrogen and oxygen atoms in total. The van der Waals surface area contributed by atoms with E-state index < -0.39 is 40.4 Å². The molecule has 1 amide bonds. The minimum atomic E-state index is -4.84. The predicted octanol–water partition coefficient (Wildman–Crippen LogP) is 5.70. The average molecular weight is 614 g/mol. The number of pyridine rings is 2. The molecule has 0 fully saturated rings. The molecule has 234 valence electrons. The van der Waals surface area contributed by atoms with Crippen molar-refractivity contribution in [2.24, 2.45) is 10.8 Å². The summed E-state index contributed by atoms with van der Waals surface area (Å²) in [5, 5.41) is 14.6. The molecule has 0 unspecified atom stereocenters. The highest BCUT2D eigenvalue weighted by Gasteiger charge is 2.63. The smallest absolute Gasteiger partial charge is 0.377 e. The van der Waals surface area contributed by atoms with Crippen molar-refractivity contribution < 1.29 is 32.3 Å². The zero-order valence-corrected chi connectivity index (χ0v) is 25.6. The Morgan fingerprint density at radius 3 is 2.39 bits per heavy atom. The first-order valence-electron chi connectivity index (χ1n) is 14.9. The van der Waals surface area contributed by atoms with Crippen molar-refractivity contribution in [1.82, 2.24) is 14.9 Å². The monoisotopic (exact) mass is 613 g/mol. The average Bonchev–Trinajstić information content (AvgIpc) is 3.31. The molecule has 0 bridgehead atoms. The number of hydrogen-bond donors (Lipinski definition) is 2. The topological polar surface area (TPSA) is 101 Å². The van der Waals surface area contributed by atoms with Gasteiger partial charge in [-0.25, -0.2) is 9.37 Å². The number of aliphatic hydroxyl groups is 1. The Morgan fingerprint density at radius 1 is 1.09 bits per heavy atom. The Kier molecular flexibility index (Phi) is 6.54. The van der Waals surface area contributed by atoms with Crippen LogP contribution in [0.15, 0.2) is 16.9 Å². The van der Waals surface area contributed by atoms with Crippen molar-refractivity contribution in [2.75, 3.05) is 0 Å². The number of benzene rings is 1. The zero-order chi connectivity index (χ0) is 32.3. The molecule has 0 radical (unpaired) electrons. The van der Waals surface area contributed by atoms with E-state index in [-0.39, 0.29) is 54.7 Å². The molecule has 3 atom stereocenters. The lowest BCUT2D eigenvalue weighted by Crippen LogP contribution is -2.56. The zero-order valence-electron chi connectivity index (χ0n) is 25.6. The molecular weight excluding hydrogens is 578 g/mol. The van der Waals surface area contributed by atoms with Gasteiger partial charge in [0.05, 0.1) is 29.5 Å².